The minimum absolute atomic E-state index is 0.0391. The number of hydrogen-bond acceptors (Lipinski definition) is 7. The summed E-state index contributed by atoms with van der Waals surface area (Å²) in [6.45, 7) is 2.15. The highest BCUT2D eigenvalue weighted by Crippen LogP contribution is 2.29. The molecule has 1 aromatic heterocycles. The molecular weight excluding hydrogens is 453 g/mol. The van der Waals surface area contributed by atoms with Gasteiger partial charge in [-0.1, -0.05) is 12.1 Å². The molecule has 0 spiro atoms. The largest absolute Gasteiger partial charge is 0.371 e. The van der Waals surface area contributed by atoms with Crippen LogP contribution in [0.4, 0.5) is 20.8 Å². The molecule has 35 heavy (non-hydrogen) atoms. The van der Waals surface area contributed by atoms with E-state index < -0.39 is 0 Å². The molecule has 4 unspecified atom stereocenters. The van der Waals surface area contributed by atoms with Crippen molar-refractivity contribution in [3.05, 3.63) is 72.2 Å². The lowest BCUT2D eigenvalue weighted by atomic mass is 10.1. The summed E-state index contributed by atoms with van der Waals surface area (Å²) in [5, 5.41) is 8.90. The van der Waals surface area contributed by atoms with Crippen molar-refractivity contribution in [3.63, 3.8) is 0 Å². The summed E-state index contributed by atoms with van der Waals surface area (Å²) in [4.78, 5) is 32.6. The van der Waals surface area contributed by atoms with Crippen LogP contribution in [0.25, 0.3) is 11.3 Å². The highest BCUT2D eigenvalue weighted by atomic mass is 19.1. The number of halogens is 1. The lowest BCUT2D eigenvalue weighted by Crippen LogP contribution is -2.46. The summed E-state index contributed by atoms with van der Waals surface area (Å²) in [5.41, 5.74) is 2.40. The molecule has 3 aromatic rings. The fraction of sp³-hybridized carbons (Fsp3) is 0.280. The standard InChI is InChI=1S/C25H24FN5O4/c1-14(32)15-5-7-18(8-6-15)28-25(33)31-21-13-35-22-20(12-34-23(21)22)30-24-27-10-9-19(29-24)16-3-2-4-17(26)11-16/h2-11,20-23H,12-13H2,1H3,(H,27,29,30)(H2,28,31,33). The number of hydrogen-bond donors (Lipinski definition) is 3. The van der Waals surface area contributed by atoms with Crippen molar-refractivity contribution in [2.75, 3.05) is 23.8 Å². The van der Waals surface area contributed by atoms with Crippen LogP contribution in [0.2, 0.25) is 0 Å². The third-order valence-electron chi connectivity index (χ3n) is 6.01. The zero-order chi connectivity index (χ0) is 24.4. The number of Topliss-reactive ketones (excluding diaryl/α,β-unsaturated/α-hetero) is 1. The number of amides is 2. The molecule has 2 amide bonds. The van der Waals surface area contributed by atoms with Crippen molar-refractivity contribution < 1.29 is 23.5 Å². The molecule has 0 bridgehead atoms. The van der Waals surface area contributed by atoms with Crippen molar-refractivity contribution in [1.29, 1.82) is 0 Å². The lowest BCUT2D eigenvalue weighted by molar-refractivity contribution is 0.0683. The zero-order valence-electron chi connectivity index (χ0n) is 18.9. The first-order chi connectivity index (χ1) is 17.0. The minimum atomic E-state index is -0.388. The molecule has 0 saturated carbocycles. The minimum Gasteiger partial charge on any atom is -0.371 e. The molecule has 3 heterocycles. The Hall–Kier alpha value is -3.89. The first-order valence-electron chi connectivity index (χ1n) is 11.2. The number of ether oxygens (including phenoxy) is 2. The Kier molecular flexibility index (Phi) is 6.39. The highest BCUT2D eigenvalue weighted by Gasteiger charge is 2.48. The average molecular weight is 477 g/mol. The van der Waals surface area contributed by atoms with Crippen LogP contribution in [-0.2, 0) is 9.47 Å². The molecule has 2 aromatic carbocycles. The van der Waals surface area contributed by atoms with Crippen LogP contribution in [0.5, 0.6) is 0 Å². The normalized spacial score (nSPS) is 22.9. The monoisotopic (exact) mass is 477 g/mol. The number of rotatable bonds is 6. The van der Waals surface area contributed by atoms with E-state index in [0.29, 0.717) is 41.7 Å². The number of benzene rings is 2. The molecule has 9 nitrogen and oxygen atoms in total. The third-order valence-corrected chi connectivity index (χ3v) is 6.01. The molecule has 2 aliphatic rings. The van der Waals surface area contributed by atoms with Crippen LogP contribution in [0.1, 0.15) is 17.3 Å². The Morgan fingerprint density at radius 3 is 2.49 bits per heavy atom. The van der Waals surface area contributed by atoms with Crippen molar-refractivity contribution in [3.8, 4) is 11.3 Å². The second-order valence-electron chi connectivity index (χ2n) is 8.46. The van der Waals surface area contributed by atoms with Crippen molar-refractivity contribution in [2.45, 2.75) is 31.2 Å². The van der Waals surface area contributed by atoms with Crippen LogP contribution in [-0.4, -0.2) is 59.3 Å². The Bertz CT molecular complexity index is 1240. The molecule has 3 N–H and O–H groups in total. The maximum atomic E-state index is 13.6. The summed E-state index contributed by atoms with van der Waals surface area (Å²) in [6.07, 6.45) is 0.983. The molecule has 0 radical (unpaired) electrons. The molecule has 10 heteroatoms. The van der Waals surface area contributed by atoms with Gasteiger partial charge in [-0.25, -0.2) is 19.2 Å². The van der Waals surface area contributed by atoms with Crippen molar-refractivity contribution in [1.82, 2.24) is 15.3 Å². The van der Waals surface area contributed by atoms with Crippen LogP contribution >= 0.6 is 0 Å². The average Bonchev–Trinajstić information content (AvgIpc) is 3.43. The molecule has 5 rings (SSSR count). The fourth-order valence-electron chi connectivity index (χ4n) is 4.27. The fourth-order valence-corrected chi connectivity index (χ4v) is 4.27. The number of nitrogens with one attached hydrogen (secondary N) is 3. The third kappa shape index (κ3) is 5.13. The number of nitrogens with zero attached hydrogens (tertiary/aromatic N) is 2. The van der Waals surface area contributed by atoms with Gasteiger partial charge in [-0.3, -0.25) is 4.79 Å². The van der Waals surface area contributed by atoms with Crippen LogP contribution in [0.15, 0.2) is 60.8 Å². The van der Waals surface area contributed by atoms with Gasteiger partial charge in [0, 0.05) is 23.0 Å². The van der Waals surface area contributed by atoms with Gasteiger partial charge in [-0.15, -0.1) is 0 Å². The SMILES string of the molecule is CC(=O)c1ccc(NC(=O)NC2COC3C(Nc4nccc(-c5cccc(F)c5)n4)COC23)cc1. The van der Waals surface area contributed by atoms with E-state index in [-0.39, 0.29) is 41.9 Å². The van der Waals surface area contributed by atoms with Gasteiger partial charge in [0.15, 0.2) is 5.78 Å². The number of ketones is 1. The van der Waals surface area contributed by atoms with Gasteiger partial charge in [0.1, 0.15) is 18.0 Å². The van der Waals surface area contributed by atoms with E-state index in [1.165, 1.54) is 19.1 Å². The summed E-state index contributed by atoms with van der Waals surface area (Å²) in [5.74, 6) is 0.00761. The molecular formula is C25H24FN5O4. The molecule has 2 saturated heterocycles. The van der Waals surface area contributed by atoms with E-state index in [1.54, 1.807) is 48.7 Å². The predicted molar refractivity (Wildman–Crippen MR) is 127 cm³/mol. The number of carbonyl (C=O) groups excluding carboxylic acids is 2. The van der Waals surface area contributed by atoms with E-state index in [1.807, 2.05) is 0 Å². The Morgan fingerprint density at radius 2 is 1.74 bits per heavy atom. The molecule has 2 aliphatic heterocycles. The van der Waals surface area contributed by atoms with E-state index in [0.717, 1.165) is 0 Å². The zero-order valence-corrected chi connectivity index (χ0v) is 18.9. The summed E-state index contributed by atoms with van der Waals surface area (Å²) < 4.78 is 25.4. The number of anilines is 2. The topological polar surface area (TPSA) is 114 Å². The van der Waals surface area contributed by atoms with Gasteiger partial charge in [0.25, 0.3) is 0 Å². The number of fused-ring (bicyclic) bond motifs is 1. The Morgan fingerprint density at radius 1 is 1.00 bits per heavy atom. The molecule has 4 atom stereocenters. The summed E-state index contributed by atoms with van der Waals surface area (Å²) in [7, 11) is 0. The second kappa shape index (κ2) is 9.77. The van der Waals surface area contributed by atoms with Crippen molar-refractivity contribution in [2.24, 2.45) is 0 Å². The molecule has 2 fully saturated rings. The van der Waals surface area contributed by atoms with Crippen LogP contribution < -0.4 is 16.0 Å². The Balaban J connectivity index is 1.18. The maximum Gasteiger partial charge on any atom is 0.319 e. The predicted octanol–water partition coefficient (Wildman–Crippen LogP) is 3.25. The maximum absolute atomic E-state index is 13.6. The van der Waals surface area contributed by atoms with E-state index in [4.69, 9.17) is 9.47 Å². The smallest absolute Gasteiger partial charge is 0.319 e. The number of aromatic nitrogens is 2. The van der Waals surface area contributed by atoms with Gasteiger partial charge >= 0.3 is 6.03 Å². The highest BCUT2D eigenvalue weighted by molar-refractivity contribution is 5.95. The summed E-state index contributed by atoms with van der Waals surface area (Å²) in [6, 6.07) is 13.7. The lowest BCUT2D eigenvalue weighted by Gasteiger charge is -2.19. The van der Waals surface area contributed by atoms with Gasteiger partial charge in [-0.2, -0.15) is 0 Å². The van der Waals surface area contributed by atoms with E-state index in [9.17, 15) is 14.0 Å². The van der Waals surface area contributed by atoms with Gasteiger partial charge in [0.2, 0.25) is 5.95 Å². The van der Waals surface area contributed by atoms with Gasteiger partial charge < -0.3 is 25.4 Å². The van der Waals surface area contributed by atoms with Gasteiger partial charge in [-0.05, 0) is 49.4 Å². The first kappa shape index (κ1) is 22.9. The first-order valence-corrected chi connectivity index (χ1v) is 11.2. The van der Waals surface area contributed by atoms with Crippen molar-refractivity contribution >= 4 is 23.5 Å². The molecule has 180 valence electrons. The molecule has 0 aliphatic carbocycles. The van der Waals surface area contributed by atoms with Crippen LogP contribution in [0.3, 0.4) is 0 Å². The Labute approximate surface area is 201 Å². The summed E-state index contributed by atoms with van der Waals surface area (Å²) >= 11 is 0. The second-order valence-corrected chi connectivity index (χ2v) is 8.46. The number of urea groups is 1. The van der Waals surface area contributed by atoms with E-state index >= 15 is 0 Å². The van der Waals surface area contributed by atoms with Gasteiger partial charge in [0.05, 0.1) is 31.0 Å². The van der Waals surface area contributed by atoms with Crippen LogP contribution in [0, 0.1) is 5.82 Å². The van der Waals surface area contributed by atoms with E-state index in [2.05, 4.69) is 25.9 Å². The quantitative estimate of drug-likeness (QED) is 0.467. The number of carbonyl (C=O) groups is 2.